The molecule has 0 spiro atoms. The molecule has 0 unspecified atom stereocenters. The van der Waals surface area contributed by atoms with E-state index in [9.17, 15) is 14.0 Å². The molecule has 0 amide bonds. The van der Waals surface area contributed by atoms with E-state index in [1.54, 1.807) is 24.1 Å². The summed E-state index contributed by atoms with van der Waals surface area (Å²) in [6.07, 6.45) is 6.77. The number of ether oxygens (including phenoxy) is 2. The van der Waals surface area contributed by atoms with Gasteiger partial charge in [-0.05, 0) is 73.9 Å². The van der Waals surface area contributed by atoms with Gasteiger partial charge in [0.25, 0.3) is 0 Å². The molecule has 3 aromatic heterocycles. The number of nitrogens with zero attached hydrogens (tertiary/aromatic N) is 5. The highest BCUT2D eigenvalue weighted by atomic mass is 19.1. The van der Waals surface area contributed by atoms with Gasteiger partial charge in [0.15, 0.2) is 5.78 Å². The molecule has 0 aliphatic rings. The molecule has 0 saturated carbocycles. The first kappa shape index (κ1) is 27.6. The fourth-order valence-electron chi connectivity index (χ4n) is 4.38. The lowest BCUT2D eigenvalue weighted by molar-refractivity contribution is 0.0990. The van der Waals surface area contributed by atoms with Crippen LogP contribution >= 0.6 is 0 Å². The van der Waals surface area contributed by atoms with Crippen LogP contribution in [0.4, 0.5) is 4.39 Å². The Morgan fingerprint density at radius 3 is 2.41 bits per heavy atom. The van der Waals surface area contributed by atoms with Crippen LogP contribution in [0.1, 0.15) is 48.3 Å². The van der Waals surface area contributed by atoms with Crippen LogP contribution in [0.15, 0.2) is 72.0 Å². The molecular formula is C31H28FN5O4. The Morgan fingerprint density at radius 2 is 1.76 bits per heavy atom. The SMILES string of the molecule is CCc1cc2nccc(Oc3ncc(CC(=O)c4cn(C(C)C)nc(-c5ccc(F)cc5)c4=O)cn3)c2cc1OC. The quantitative estimate of drug-likeness (QED) is 0.212. The summed E-state index contributed by atoms with van der Waals surface area (Å²) < 4.78 is 26.5. The molecule has 0 atom stereocenters. The molecule has 208 valence electrons. The van der Waals surface area contributed by atoms with E-state index >= 15 is 0 Å². The summed E-state index contributed by atoms with van der Waals surface area (Å²) in [4.78, 5) is 39.5. The van der Waals surface area contributed by atoms with E-state index in [4.69, 9.17) is 9.47 Å². The highest BCUT2D eigenvalue weighted by Crippen LogP contribution is 2.32. The molecule has 0 N–H and O–H groups in total. The fraction of sp³-hybridized carbons (Fsp3) is 0.226. The van der Waals surface area contributed by atoms with Crippen molar-refractivity contribution < 1.29 is 18.7 Å². The lowest BCUT2D eigenvalue weighted by Gasteiger charge is -2.13. The Labute approximate surface area is 235 Å². The van der Waals surface area contributed by atoms with E-state index in [0.29, 0.717) is 16.9 Å². The number of hydrogen-bond acceptors (Lipinski definition) is 8. The first-order valence-corrected chi connectivity index (χ1v) is 13.1. The van der Waals surface area contributed by atoms with Crippen LogP contribution < -0.4 is 14.9 Å². The standard InChI is InChI=1S/C31H28FN5O4/c1-5-20-13-25-23(14-28(20)40-4)27(10-11-33-25)41-31-34-15-19(16-35-31)12-26(38)24-17-37(18(2)3)36-29(30(24)39)21-6-8-22(32)9-7-21/h6-11,13-18H,5,12H2,1-4H3. The van der Waals surface area contributed by atoms with Crippen molar-refractivity contribution in [3.8, 4) is 28.8 Å². The topological polar surface area (TPSA) is 109 Å². The number of benzene rings is 2. The van der Waals surface area contributed by atoms with Crippen molar-refractivity contribution in [2.24, 2.45) is 0 Å². The Morgan fingerprint density at radius 1 is 1.02 bits per heavy atom. The monoisotopic (exact) mass is 553 g/mol. The van der Waals surface area contributed by atoms with E-state index in [1.807, 2.05) is 32.9 Å². The number of aryl methyl sites for hydroxylation is 1. The number of aromatic nitrogens is 5. The molecule has 0 bridgehead atoms. The van der Waals surface area contributed by atoms with Crippen molar-refractivity contribution in [2.75, 3.05) is 7.11 Å². The van der Waals surface area contributed by atoms with Crippen LogP contribution in [0.3, 0.4) is 0 Å². The number of halogens is 1. The van der Waals surface area contributed by atoms with Crippen LogP contribution in [0.25, 0.3) is 22.2 Å². The zero-order valence-corrected chi connectivity index (χ0v) is 23.1. The zero-order valence-electron chi connectivity index (χ0n) is 23.1. The third-order valence-electron chi connectivity index (χ3n) is 6.62. The minimum Gasteiger partial charge on any atom is -0.496 e. The molecule has 0 aliphatic heterocycles. The smallest absolute Gasteiger partial charge is 0.321 e. The van der Waals surface area contributed by atoms with Gasteiger partial charge < -0.3 is 9.47 Å². The summed E-state index contributed by atoms with van der Waals surface area (Å²) in [5.74, 6) is 0.411. The maximum absolute atomic E-state index is 13.5. The highest BCUT2D eigenvalue weighted by Gasteiger charge is 2.19. The van der Waals surface area contributed by atoms with Crippen molar-refractivity contribution in [3.05, 3.63) is 100.0 Å². The molecule has 3 heterocycles. The van der Waals surface area contributed by atoms with Gasteiger partial charge in [0.1, 0.15) is 23.0 Å². The predicted molar refractivity (Wildman–Crippen MR) is 152 cm³/mol. The normalized spacial score (nSPS) is 11.2. The molecule has 0 saturated heterocycles. The maximum atomic E-state index is 13.5. The van der Waals surface area contributed by atoms with Gasteiger partial charge >= 0.3 is 6.01 Å². The highest BCUT2D eigenvalue weighted by molar-refractivity contribution is 5.97. The number of carbonyl (C=O) groups excluding carboxylic acids is 1. The molecule has 41 heavy (non-hydrogen) atoms. The van der Waals surface area contributed by atoms with Crippen molar-refractivity contribution in [1.82, 2.24) is 24.7 Å². The number of methoxy groups -OCH3 is 1. The predicted octanol–water partition coefficient (Wildman–Crippen LogP) is 5.76. The van der Waals surface area contributed by atoms with E-state index in [-0.39, 0.29) is 29.7 Å². The first-order chi connectivity index (χ1) is 19.8. The number of pyridine rings is 1. The second-order valence-electron chi connectivity index (χ2n) is 9.72. The second kappa shape index (κ2) is 11.6. The van der Waals surface area contributed by atoms with Gasteiger partial charge in [-0.3, -0.25) is 19.3 Å². The number of rotatable bonds is 9. The molecule has 0 radical (unpaired) electrons. The average Bonchev–Trinajstić information content (AvgIpc) is 2.98. The van der Waals surface area contributed by atoms with Crippen LogP contribution in [-0.4, -0.2) is 37.6 Å². The Hall–Kier alpha value is -4.99. The van der Waals surface area contributed by atoms with Gasteiger partial charge in [0.05, 0.1) is 18.2 Å². The molecule has 2 aromatic carbocycles. The molecule has 10 heteroatoms. The molecule has 5 aromatic rings. The molecule has 9 nitrogen and oxygen atoms in total. The lowest BCUT2D eigenvalue weighted by atomic mass is 10.0. The molecular weight excluding hydrogens is 525 g/mol. The van der Waals surface area contributed by atoms with E-state index in [0.717, 1.165) is 28.6 Å². The average molecular weight is 554 g/mol. The van der Waals surface area contributed by atoms with Gasteiger partial charge in [-0.2, -0.15) is 5.10 Å². The zero-order chi connectivity index (χ0) is 29.1. The van der Waals surface area contributed by atoms with Gasteiger partial charge in [0.2, 0.25) is 5.43 Å². The number of hydrogen-bond donors (Lipinski definition) is 0. The Bertz CT molecular complexity index is 1780. The Kier molecular flexibility index (Phi) is 7.82. The van der Waals surface area contributed by atoms with Crippen molar-refractivity contribution in [2.45, 2.75) is 39.7 Å². The van der Waals surface area contributed by atoms with Gasteiger partial charge in [-0.1, -0.05) is 6.92 Å². The van der Waals surface area contributed by atoms with Crippen LogP contribution in [0.2, 0.25) is 0 Å². The van der Waals surface area contributed by atoms with Crippen LogP contribution in [0, 0.1) is 5.82 Å². The minimum atomic E-state index is -0.523. The lowest BCUT2D eigenvalue weighted by Crippen LogP contribution is -2.24. The third kappa shape index (κ3) is 5.81. The molecule has 0 aliphatic carbocycles. The summed E-state index contributed by atoms with van der Waals surface area (Å²) in [5, 5.41) is 5.14. The minimum absolute atomic E-state index is 0.0167. The first-order valence-electron chi connectivity index (χ1n) is 13.1. The van der Waals surface area contributed by atoms with E-state index in [1.165, 1.54) is 42.9 Å². The summed E-state index contributed by atoms with van der Waals surface area (Å²) in [7, 11) is 1.62. The summed E-state index contributed by atoms with van der Waals surface area (Å²) >= 11 is 0. The number of fused-ring (bicyclic) bond motifs is 1. The largest absolute Gasteiger partial charge is 0.496 e. The second-order valence-corrected chi connectivity index (χ2v) is 9.72. The van der Waals surface area contributed by atoms with Crippen molar-refractivity contribution in [1.29, 1.82) is 0 Å². The maximum Gasteiger partial charge on any atom is 0.321 e. The van der Waals surface area contributed by atoms with E-state index in [2.05, 4.69) is 20.1 Å². The molecule has 5 rings (SSSR count). The van der Waals surface area contributed by atoms with Crippen LogP contribution in [0.5, 0.6) is 17.5 Å². The number of ketones is 1. The van der Waals surface area contributed by atoms with E-state index < -0.39 is 17.0 Å². The number of carbonyl (C=O) groups is 1. The van der Waals surface area contributed by atoms with Gasteiger partial charge in [-0.25, -0.2) is 14.4 Å². The van der Waals surface area contributed by atoms with Crippen LogP contribution in [-0.2, 0) is 12.8 Å². The molecule has 0 fully saturated rings. The fourth-order valence-corrected chi connectivity index (χ4v) is 4.38. The number of Topliss-reactive ketones (excluding diaryl/α,β-unsaturated/α-hetero) is 1. The summed E-state index contributed by atoms with van der Waals surface area (Å²) in [5.41, 5.74) is 2.27. The summed E-state index contributed by atoms with van der Waals surface area (Å²) in [6.45, 7) is 5.82. The van der Waals surface area contributed by atoms with Crippen molar-refractivity contribution in [3.63, 3.8) is 0 Å². The Balaban J connectivity index is 1.39. The van der Waals surface area contributed by atoms with Gasteiger partial charge in [0, 0.05) is 48.2 Å². The third-order valence-corrected chi connectivity index (χ3v) is 6.62. The summed E-state index contributed by atoms with van der Waals surface area (Å²) in [6, 6.07) is 11.0. The van der Waals surface area contributed by atoms with Gasteiger partial charge in [-0.15, -0.1) is 0 Å². The van der Waals surface area contributed by atoms with Crippen molar-refractivity contribution >= 4 is 16.7 Å².